The van der Waals surface area contributed by atoms with Crippen LogP contribution in [0.5, 0.6) is 17.2 Å². The first kappa shape index (κ1) is 16.0. The van der Waals surface area contributed by atoms with E-state index in [2.05, 4.69) is 5.32 Å². The summed E-state index contributed by atoms with van der Waals surface area (Å²) < 4.78 is 21.3. The molecule has 6 heteroatoms. The van der Waals surface area contributed by atoms with Crippen molar-refractivity contribution >= 4 is 11.7 Å². The molecule has 0 unspecified atom stereocenters. The largest absolute Gasteiger partial charge is 0.493 e. The maximum atomic E-state index is 11.8. The molecule has 1 heterocycles. The van der Waals surface area contributed by atoms with Gasteiger partial charge in [-0.2, -0.15) is 0 Å². The Labute approximate surface area is 130 Å². The molecule has 0 saturated carbocycles. The average Bonchev–Trinajstić information content (AvgIpc) is 2.53. The number of carbonyl (C=O) groups is 1. The molecule has 6 nitrogen and oxygen atoms in total. The maximum Gasteiger partial charge on any atom is 0.332 e. The highest BCUT2D eigenvalue weighted by atomic mass is 16.5. The molecule has 0 spiro atoms. The van der Waals surface area contributed by atoms with Gasteiger partial charge in [-0.25, -0.2) is 4.79 Å². The molecule has 1 aromatic carbocycles. The second-order valence-corrected chi connectivity index (χ2v) is 4.67. The molecule has 0 aliphatic carbocycles. The summed E-state index contributed by atoms with van der Waals surface area (Å²) >= 11 is 0. The van der Waals surface area contributed by atoms with Crippen LogP contribution < -0.4 is 19.5 Å². The minimum Gasteiger partial charge on any atom is -0.493 e. The molecule has 1 aliphatic heterocycles. The molecule has 2 rings (SSSR count). The van der Waals surface area contributed by atoms with E-state index in [4.69, 9.17) is 18.9 Å². The van der Waals surface area contributed by atoms with Gasteiger partial charge in [-0.1, -0.05) is 0 Å². The molecular formula is C16H21NO5. The van der Waals surface area contributed by atoms with Crippen LogP contribution in [-0.2, 0) is 16.0 Å². The first-order valence-electron chi connectivity index (χ1n) is 7.10. The summed E-state index contributed by atoms with van der Waals surface area (Å²) in [6.45, 7) is 2.82. The van der Waals surface area contributed by atoms with E-state index in [0.717, 1.165) is 24.1 Å². The third kappa shape index (κ3) is 2.95. The van der Waals surface area contributed by atoms with Gasteiger partial charge in [-0.3, -0.25) is 0 Å². The lowest BCUT2D eigenvalue weighted by molar-refractivity contribution is -0.137. The van der Waals surface area contributed by atoms with Gasteiger partial charge < -0.3 is 24.3 Å². The third-order valence-electron chi connectivity index (χ3n) is 3.44. The van der Waals surface area contributed by atoms with E-state index < -0.39 is 5.97 Å². The lowest BCUT2D eigenvalue weighted by atomic mass is 9.95. The Morgan fingerprint density at radius 2 is 1.95 bits per heavy atom. The second kappa shape index (κ2) is 7.06. The minimum absolute atomic E-state index is 0.332. The van der Waals surface area contributed by atoms with Crippen molar-refractivity contribution in [1.82, 2.24) is 5.32 Å². The van der Waals surface area contributed by atoms with E-state index in [1.165, 1.54) is 6.08 Å². The standard InChI is InChI=1S/C16H21NO5/c1-5-22-13(18)9-11-14-10(6-7-17-11)8-12(19-2)15(20-3)16(14)21-4/h8-9,17H,5-7H2,1-4H3/b11-9-. The van der Waals surface area contributed by atoms with Crippen molar-refractivity contribution in [1.29, 1.82) is 0 Å². The summed E-state index contributed by atoms with van der Waals surface area (Å²) in [5.41, 5.74) is 2.50. The zero-order valence-electron chi connectivity index (χ0n) is 13.3. The van der Waals surface area contributed by atoms with Crippen LogP contribution in [0.15, 0.2) is 12.1 Å². The number of nitrogens with one attached hydrogen (secondary N) is 1. The van der Waals surface area contributed by atoms with Crippen LogP contribution in [0.4, 0.5) is 0 Å². The summed E-state index contributed by atoms with van der Waals surface area (Å²) in [4.78, 5) is 11.8. The highest BCUT2D eigenvalue weighted by Crippen LogP contribution is 2.45. The minimum atomic E-state index is -0.394. The number of benzene rings is 1. The smallest absolute Gasteiger partial charge is 0.332 e. The summed E-state index contributed by atoms with van der Waals surface area (Å²) in [6.07, 6.45) is 2.24. The van der Waals surface area contributed by atoms with E-state index in [1.807, 2.05) is 6.07 Å². The average molecular weight is 307 g/mol. The van der Waals surface area contributed by atoms with Gasteiger partial charge in [0.2, 0.25) is 5.75 Å². The zero-order chi connectivity index (χ0) is 16.1. The van der Waals surface area contributed by atoms with Crippen molar-refractivity contribution in [3.63, 3.8) is 0 Å². The van der Waals surface area contributed by atoms with Crippen molar-refractivity contribution in [2.45, 2.75) is 13.3 Å². The molecule has 0 bridgehead atoms. The number of esters is 1. The van der Waals surface area contributed by atoms with Crippen LogP contribution in [0.1, 0.15) is 18.1 Å². The Bertz CT molecular complexity index is 595. The van der Waals surface area contributed by atoms with E-state index in [9.17, 15) is 4.79 Å². The Kier molecular flexibility index (Phi) is 5.14. The van der Waals surface area contributed by atoms with E-state index in [-0.39, 0.29) is 0 Å². The fourth-order valence-electron chi connectivity index (χ4n) is 2.54. The molecule has 0 aromatic heterocycles. The molecule has 0 amide bonds. The molecule has 0 atom stereocenters. The van der Waals surface area contributed by atoms with Gasteiger partial charge in [0.05, 0.1) is 33.6 Å². The van der Waals surface area contributed by atoms with Gasteiger partial charge >= 0.3 is 5.97 Å². The molecule has 0 fully saturated rings. The van der Waals surface area contributed by atoms with Crippen molar-refractivity contribution in [3.8, 4) is 17.2 Å². The first-order valence-corrected chi connectivity index (χ1v) is 7.10. The predicted octanol–water partition coefficient (Wildman–Crippen LogP) is 1.76. The Morgan fingerprint density at radius 1 is 1.23 bits per heavy atom. The van der Waals surface area contributed by atoms with Gasteiger partial charge in [0.1, 0.15) is 0 Å². The SMILES string of the molecule is CCOC(=O)/C=C1\NCCc2cc(OC)c(OC)c(OC)c21. The third-order valence-corrected chi connectivity index (χ3v) is 3.44. The summed E-state index contributed by atoms with van der Waals surface area (Å²) in [7, 11) is 4.70. The van der Waals surface area contributed by atoms with Crippen molar-refractivity contribution < 1.29 is 23.7 Å². The Morgan fingerprint density at radius 3 is 2.55 bits per heavy atom. The van der Waals surface area contributed by atoms with Gasteiger partial charge in [0.15, 0.2) is 11.5 Å². The molecule has 22 heavy (non-hydrogen) atoms. The molecule has 1 aromatic rings. The van der Waals surface area contributed by atoms with Gasteiger partial charge in [0.25, 0.3) is 0 Å². The summed E-state index contributed by atoms with van der Waals surface area (Å²) in [5.74, 6) is 1.26. The van der Waals surface area contributed by atoms with Crippen LogP contribution in [0.3, 0.4) is 0 Å². The van der Waals surface area contributed by atoms with Crippen LogP contribution >= 0.6 is 0 Å². The second-order valence-electron chi connectivity index (χ2n) is 4.67. The number of methoxy groups -OCH3 is 3. The monoisotopic (exact) mass is 307 g/mol. The number of hydrogen-bond acceptors (Lipinski definition) is 6. The summed E-state index contributed by atoms with van der Waals surface area (Å²) in [5, 5.41) is 3.21. The van der Waals surface area contributed by atoms with Crippen LogP contribution in [0, 0.1) is 0 Å². The quantitative estimate of drug-likeness (QED) is 0.660. The molecular weight excluding hydrogens is 286 g/mol. The van der Waals surface area contributed by atoms with Crippen molar-refractivity contribution in [3.05, 3.63) is 23.3 Å². The molecule has 0 saturated heterocycles. The van der Waals surface area contributed by atoms with Crippen LogP contribution in [-0.4, -0.2) is 40.5 Å². The van der Waals surface area contributed by atoms with Crippen molar-refractivity contribution in [2.75, 3.05) is 34.5 Å². The zero-order valence-corrected chi connectivity index (χ0v) is 13.3. The summed E-state index contributed by atoms with van der Waals surface area (Å²) in [6, 6.07) is 1.91. The number of hydrogen-bond donors (Lipinski definition) is 1. The molecule has 1 N–H and O–H groups in total. The highest BCUT2D eigenvalue weighted by Gasteiger charge is 2.26. The molecule has 120 valence electrons. The van der Waals surface area contributed by atoms with Gasteiger partial charge in [0, 0.05) is 18.2 Å². The van der Waals surface area contributed by atoms with E-state index in [0.29, 0.717) is 29.6 Å². The van der Waals surface area contributed by atoms with Crippen molar-refractivity contribution in [2.24, 2.45) is 0 Å². The molecule has 1 aliphatic rings. The Hall–Kier alpha value is -2.37. The topological polar surface area (TPSA) is 66.0 Å². The fourth-order valence-corrected chi connectivity index (χ4v) is 2.54. The van der Waals surface area contributed by atoms with Gasteiger partial charge in [-0.05, 0) is 25.0 Å². The lowest BCUT2D eigenvalue weighted by Crippen LogP contribution is -2.24. The number of carbonyl (C=O) groups excluding carboxylic acids is 1. The number of rotatable bonds is 5. The van der Waals surface area contributed by atoms with Crippen LogP contribution in [0.2, 0.25) is 0 Å². The van der Waals surface area contributed by atoms with Gasteiger partial charge in [-0.15, -0.1) is 0 Å². The lowest BCUT2D eigenvalue weighted by Gasteiger charge is -2.25. The van der Waals surface area contributed by atoms with E-state index >= 15 is 0 Å². The normalized spacial score (nSPS) is 14.8. The number of fused-ring (bicyclic) bond motifs is 1. The fraction of sp³-hybridized carbons (Fsp3) is 0.438. The predicted molar refractivity (Wildman–Crippen MR) is 82.4 cm³/mol. The van der Waals surface area contributed by atoms with Crippen LogP contribution in [0.25, 0.3) is 5.70 Å². The highest BCUT2D eigenvalue weighted by molar-refractivity contribution is 5.93. The maximum absolute atomic E-state index is 11.8. The number of ether oxygens (including phenoxy) is 4. The van der Waals surface area contributed by atoms with E-state index in [1.54, 1.807) is 28.3 Å². The Balaban J connectivity index is 2.60. The molecule has 0 radical (unpaired) electrons. The first-order chi connectivity index (χ1) is 10.7.